The van der Waals surface area contributed by atoms with E-state index < -0.39 is 5.91 Å². The van der Waals surface area contributed by atoms with Gasteiger partial charge in [-0.1, -0.05) is 0 Å². The van der Waals surface area contributed by atoms with E-state index >= 15 is 0 Å². The summed E-state index contributed by atoms with van der Waals surface area (Å²) in [4.78, 5) is 10.7. The summed E-state index contributed by atoms with van der Waals surface area (Å²) in [5.74, 6) is -0.0281. The lowest BCUT2D eigenvalue weighted by atomic mass is 10.2. The third-order valence-corrected chi connectivity index (χ3v) is 2.02. The molecule has 18 heavy (non-hydrogen) atoms. The number of aliphatic hydroxyl groups is 1. The molecule has 0 heterocycles. The van der Waals surface area contributed by atoms with Crippen molar-refractivity contribution in [3.8, 4) is 5.75 Å². The van der Waals surface area contributed by atoms with E-state index in [0.29, 0.717) is 23.5 Å². The van der Waals surface area contributed by atoms with E-state index in [2.05, 4.69) is 5.32 Å². The van der Waals surface area contributed by atoms with Gasteiger partial charge in [-0.25, -0.2) is 0 Å². The van der Waals surface area contributed by atoms with Crippen LogP contribution in [0.25, 0.3) is 0 Å². The van der Waals surface area contributed by atoms with Crippen molar-refractivity contribution in [2.75, 3.05) is 26.4 Å². The molecule has 0 saturated carbocycles. The van der Waals surface area contributed by atoms with Gasteiger partial charge in [-0.3, -0.25) is 4.79 Å². The molecule has 0 bridgehead atoms. The molecule has 0 radical (unpaired) electrons. The molecule has 0 aliphatic heterocycles. The number of hydrogen-bond acceptors (Lipinski definition) is 5. The Morgan fingerprint density at radius 1 is 1.56 bits per heavy atom. The highest BCUT2D eigenvalue weighted by Crippen LogP contribution is 2.21. The Balaban J connectivity index is 0.000000411. The third kappa shape index (κ3) is 6.07. The number of nitrogen functional groups attached to an aromatic ring is 1. The summed E-state index contributed by atoms with van der Waals surface area (Å²) in [5, 5.41) is 11.3. The molecule has 6 heteroatoms. The molecule has 0 aromatic heterocycles. The topological polar surface area (TPSA) is 111 Å². The van der Waals surface area contributed by atoms with E-state index in [1.54, 1.807) is 19.1 Å². The van der Waals surface area contributed by atoms with Gasteiger partial charge >= 0.3 is 0 Å². The van der Waals surface area contributed by atoms with Crippen LogP contribution in [-0.2, 0) is 0 Å². The zero-order valence-corrected chi connectivity index (χ0v) is 10.9. The van der Waals surface area contributed by atoms with Gasteiger partial charge in [0, 0.05) is 12.1 Å². The molecule has 0 fully saturated rings. The molecular formula is C12H21N3O3. The van der Waals surface area contributed by atoms with Gasteiger partial charge in [0.15, 0.2) is 0 Å². The van der Waals surface area contributed by atoms with Crippen molar-refractivity contribution in [1.82, 2.24) is 5.32 Å². The zero-order valence-electron chi connectivity index (χ0n) is 10.9. The minimum atomic E-state index is -0.492. The molecule has 1 aromatic carbocycles. The van der Waals surface area contributed by atoms with Crippen LogP contribution in [0.5, 0.6) is 5.75 Å². The fourth-order valence-corrected chi connectivity index (χ4v) is 1.16. The van der Waals surface area contributed by atoms with Crippen LogP contribution in [0, 0.1) is 0 Å². The predicted molar refractivity (Wildman–Crippen MR) is 71.5 cm³/mol. The lowest BCUT2D eigenvalue weighted by molar-refractivity contribution is 0.1000. The number of benzene rings is 1. The van der Waals surface area contributed by atoms with Gasteiger partial charge in [-0.05, 0) is 32.2 Å². The van der Waals surface area contributed by atoms with Gasteiger partial charge in [-0.15, -0.1) is 0 Å². The summed E-state index contributed by atoms with van der Waals surface area (Å²) >= 11 is 0. The monoisotopic (exact) mass is 255 g/mol. The number of anilines is 1. The van der Waals surface area contributed by atoms with E-state index in [4.69, 9.17) is 21.3 Å². The highest BCUT2D eigenvalue weighted by atomic mass is 16.5. The van der Waals surface area contributed by atoms with E-state index in [9.17, 15) is 4.79 Å². The molecule has 1 atom stereocenters. The maximum absolute atomic E-state index is 10.7. The first kappa shape index (κ1) is 16.2. The number of ether oxygens (including phenoxy) is 1. The number of carbonyl (C=O) groups excluding carboxylic acids is 1. The van der Waals surface area contributed by atoms with E-state index in [0.717, 1.165) is 0 Å². The molecule has 0 aliphatic carbocycles. The molecule has 102 valence electrons. The van der Waals surface area contributed by atoms with Gasteiger partial charge in [0.25, 0.3) is 0 Å². The fraction of sp³-hybridized carbons (Fsp3) is 0.417. The van der Waals surface area contributed by atoms with E-state index in [-0.39, 0.29) is 6.10 Å². The molecule has 0 saturated heterocycles. The second-order valence-corrected chi connectivity index (χ2v) is 3.73. The van der Waals surface area contributed by atoms with Crippen LogP contribution >= 0.6 is 0 Å². The molecule has 6 N–H and O–H groups in total. The molecule has 0 aliphatic rings. The van der Waals surface area contributed by atoms with Crippen LogP contribution in [0.3, 0.4) is 0 Å². The Morgan fingerprint density at radius 2 is 2.17 bits per heavy atom. The van der Waals surface area contributed by atoms with Crippen molar-refractivity contribution in [2.45, 2.75) is 13.0 Å². The maximum Gasteiger partial charge on any atom is 0.248 e. The predicted octanol–water partition coefficient (Wildman–Crippen LogP) is -0.0371. The zero-order chi connectivity index (χ0) is 14.1. The smallest absolute Gasteiger partial charge is 0.248 e. The number of nitrogens with two attached hydrogens (primary N) is 2. The number of carbonyl (C=O) groups is 1. The Morgan fingerprint density at radius 3 is 2.50 bits per heavy atom. The Hall–Kier alpha value is -1.79. The van der Waals surface area contributed by atoms with E-state index in [1.165, 1.54) is 13.2 Å². The van der Waals surface area contributed by atoms with Crippen LogP contribution in [0.1, 0.15) is 17.3 Å². The van der Waals surface area contributed by atoms with Crippen molar-refractivity contribution >= 4 is 11.6 Å². The quantitative estimate of drug-likeness (QED) is 0.564. The summed E-state index contributed by atoms with van der Waals surface area (Å²) < 4.78 is 4.90. The van der Waals surface area contributed by atoms with Crippen molar-refractivity contribution in [3.63, 3.8) is 0 Å². The van der Waals surface area contributed by atoms with Gasteiger partial charge in [-0.2, -0.15) is 0 Å². The number of primary amides is 1. The normalized spacial score (nSPS) is 11.1. The molecular weight excluding hydrogens is 234 g/mol. The minimum Gasteiger partial charge on any atom is -0.495 e. The van der Waals surface area contributed by atoms with Crippen molar-refractivity contribution in [2.24, 2.45) is 5.73 Å². The lowest BCUT2D eigenvalue weighted by Crippen LogP contribution is -2.19. The average molecular weight is 255 g/mol. The van der Waals surface area contributed by atoms with Gasteiger partial charge < -0.3 is 26.6 Å². The lowest BCUT2D eigenvalue weighted by Gasteiger charge is -2.04. The number of amides is 1. The number of rotatable bonds is 4. The second-order valence-electron chi connectivity index (χ2n) is 3.73. The Labute approximate surface area is 107 Å². The van der Waals surface area contributed by atoms with Crippen LogP contribution in [0.15, 0.2) is 18.2 Å². The highest BCUT2D eigenvalue weighted by molar-refractivity contribution is 5.93. The highest BCUT2D eigenvalue weighted by Gasteiger charge is 2.04. The first-order chi connectivity index (χ1) is 8.42. The molecule has 1 amide bonds. The molecule has 1 rings (SSSR count). The largest absolute Gasteiger partial charge is 0.495 e. The van der Waals surface area contributed by atoms with Crippen molar-refractivity contribution < 1.29 is 14.6 Å². The fourth-order valence-electron chi connectivity index (χ4n) is 1.16. The minimum absolute atomic E-state index is 0.213. The van der Waals surface area contributed by atoms with Gasteiger partial charge in [0.1, 0.15) is 5.75 Å². The summed E-state index contributed by atoms with van der Waals surface area (Å²) in [6.07, 6.45) is -0.213. The summed E-state index contributed by atoms with van der Waals surface area (Å²) in [7, 11) is 3.29. The SMILES string of the molecule is CNC[C@@H](C)O.COc1cc(C(N)=O)ccc1N. The maximum atomic E-state index is 10.7. The summed E-state index contributed by atoms with van der Waals surface area (Å²) in [6.45, 7) is 2.43. The number of likely N-dealkylation sites (N-methyl/N-ethyl adjacent to an activating group) is 1. The second kappa shape index (κ2) is 8.32. The van der Waals surface area contributed by atoms with Crippen molar-refractivity contribution in [3.05, 3.63) is 23.8 Å². The van der Waals surface area contributed by atoms with Crippen LogP contribution in [-0.4, -0.2) is 37.8 Å². The molecule has 0 spiro atoms. The number of methoxy groups -OCH3 is 1. The van der Waals surface area contributed by atoms with Crippen LogP contribution in [0.2, 0.25) is 0 Å². The first-order valence-corrected chi connectivity index (χ1v) is 5.48. The van der Waals surface area contributed by atoms with Gasteiger partial charge in [0.05, 0.1) is 18.9 Å². The standard InChI is InChI=1S/C8H10N2O2.C4H11NO/c1-12-7-4-5(8(10)11)2-3-6(7)9;1-4(6)3-5-2/h2-4H,9H2,1H3,(H2,10,11);4-6H,3H2,1-2H3/t;4-/m.1/s1. The van der Waals surface area contributed by atoms with Crippen LogP contribution in [0.4, 0.5) is 5.69 Å². The van der Waals surface area contributed by atoms with E-state index in [1.807, 2.05) is 7.05 Å². The summed E-state index contributed by atoms with van der Waals surface area (Å²) in [5.41, 5.74) is 11.5. The average Bonchev–Trinajstić information content (AvgIpc) is 2.30. The van der Waals surface area contributed by atoms with Crippen LogP contribution < -0.4 is 21.5 Å². The van der Waals surface area contributed by atoms with Crippen molar-refractivity contribution in [1.29, 1.82) is 0 Å². The third-order valence-electron chi connectivity index (χ3n) is 2.02. The number of hydrogen-bond donors (Lipinski definition) is 4. The first-order valence-electron chi connectivity index (χ1n) is 5.48. The molecule has 0 unspecified atom stereocenters. The Kier molecular flexibility index (Phi) is 7.50. The van der Waals surface area contributed by atoms with Gasteiger partial charge in [0.2, 0.25) is 5.91 Å². The molecule has 6 nitrogen and oxygen atoms in total. The molecule has 1 aromatic rings. The Bertz CT molecular complexity index is 381. The number of nitrogens with one attached hydrogen (secondary N) is 1. The number of aliphatic hydroxyl groups excluding tert-OH is 1. The summed E-state index contributed by atoms with van der Waals surface area (Å²) in [6, 6.07) is 4.65.